The molecule has 0 saturated heterocycles. The minimum atomic E-state index is 0.524. The third-order valence-electron chi connectivity index (χ3n) is 1.72. The SMILES string of the molecule is C=CCC(C)NCC(=C)CC. The quantitative estimate of drug-likeness (QED) is 0.578. The summed E-state index contributed by atoms with van der Waals surface area (Å²) in [5.74, 6) is 0. The minimum absolute atomic E-state index is 0.524. The second kappa shape index (κ2) is 6.17. The fraction of sp³-hybridized carbons (Fsp3) is 0.600. The molecule has 1 heteroatoms. The molecule has 0 aliphatic rings. The highest BCUT2D eigenvalue weighted by Crippen LogP contribution is 1.96. The molecule has 0 spiro atoms. The number of hydrogen-bond acceptors (Lipinski definition) is 1. The van der Waals surface area contributed by atoms with Gasteiger partial charge < -0.3 is 5.32 Å². The third kappa shape index (κ3) is 5.86. The summed E-state index contributed by atoms with van der Waals surface area (Å²) in [6.07, 6.45) is 4.02. The zero-order chi connectivity index (χ0) is 8.69. The minimum Gasteiger partial charge on any atom is -0.310 e. The molecule has 1 atom stereocenters. The van der Waals surface area contributed by atoms with Crippen LogP contribution >= 0.6 is 0 Å². The Kier molecular flexibility index (Phi) is 5.86. The molecule has 0 aliphatic heterocycles. The summed E-state index contributed by atoms with van der Waals surface area (Å²) in [5.41, 5.74) is 1.26. The van der Waals surface area contributed by atoms with E-state index < -0.39 is 0 Å². The Labute approximate surface area is 70.2 Å². The Hall–Kier alpha value is -0.560. The molecule has 1 N–H and O–H groups in total. The molecule has 0 aromatic rings. The van der Waals surface area contributed by atoms with E-state index in [1.54, 1.807) is 0 Å². The summed E-state index contributed by atoms with van der Waals surface area (Å²) >= 11 is 0. The zero-order valence-electron chi connectivity index (χ0n) is 7.69. The first kappa shape index (κ1) is 10.4. The van der Waals surface area contributed by atoms with Crippen LogP contribution in [-0.4, -0.2) is 12.6 Å². The van der Waals surface area contributed by atoms with E-state index in [2.05, 4.69) is 32.3 Å². The van der Waals surface area contributed by atoms with Crippen molar-refractivity contribution in [1.82, 2.24) is 5.32 Å². The molecule has 64 valence electrons. The molecule has 11 heavy (non-hydrogen) atoms. The molecular formula is C10H19N. The highest BCUT2D eigenvalue weighted by atomic mass is 14.9. The van der Waals surface area contributed by atoms with Crippen LogP contribution in [0.3, 0.4) is 0 Å². The maximum Gasteiger partial charge on any atom is 0.0164 e. The van der Waals surface area contributed by atoms with Crippen LogP contribution in [0.5, 0.6) is 0 Å². The standard InChI is InChI=1S/C10H19N/c1-5-7-10(4)11-8-9(3)6-2/h5,10-11H,1,3,6-8H2,2,4H3. The maximum atomic E-state index is 3.92. The van der Waals surface area contributed by atoms with Gasteiger partial charge in [0.05, 0.1) is 0 Å². The van der Waals surface area contributed by atoms with Crippen molar-refractivity contribution in [3.63, 3.8) is 0 Å². The Morgan fingerprint density at radius 3 is 2.73 bits per heavy atom. The number of rotatable bonds is 6. The maximum absolute atomic E-state index is 3.92. The van der Waals surface area contributed by atoms with Crippen LogP contribution in [0.15, 0.2) is 24.8 Å². The van der Waals surface area contributed by atoms with Crippen LogP contribution in [0.25, 0.3) is 0 Å². The van der Waals surface area contributed by atoms with Crippen molar-refractivity contribution in [2.45, 2.75) is 32.7 Å². The van der Waals surface area contributed by atoms with Gasteiger partial charge in [-0.05, 0) is 19.8 Å². The lowest BCUT2D eigenvalue weighted by molar-refractivity contribution is 0.578. The van der Waals surface area contributed by atoms with Gasteiger partial charge in [0.2, 0.25) is 0 Å². The highest BCUT2D eigenvalue weighted by Gasteiger charge is 1.97. The molecule has 1 nitrogen and oxygen atoms in total. The van der Waals surface area contributed by atoms with Crippen molar-refractivity contribution < 1.29 is 0 Å². The first-order valence-electron chi connectivity index (χ1n) is 4.21. The van der Waals surface area contributed by atoms with Crippen LogP contribution in [0.4, 0.5) is 0 Å². The summed E-state index contributed by atoms with van der Waals surface area (Å²) in [5, 5.41) is 3.36. The van der Waals surface area contributed by atoms with Crippen LogP contribution in [0.2, 0.25) is 0 Å². The van der Waals surface area contributed by atoms with Crippen molar-refractivity contribution in [1.29, 1.82) is 0 Å². The summed E-state index contributed by atoms with van der Waals surface area (Å²) < 4.78 is 0. The molecule has 0 aromatic carbocycles. The number of nitrogens with one attached hydrogen (secondary N) is 1. The van der Waals surface area contributed by atoms with Gasteiger partial charge in [0.25, 0.3) is 0 Å². The van der Waals surface area contributed by atoms with Crippen LogP contribution in [0, 0.1) is 0 Å². The van der Waals surface area contributed by atoms with Crippen molar-refractivity contribution >= 4 is 0 Å². The molecule has 0 heterocycles. The third-order valence-corrected chi connectivity index (χ3v) is 1.72. The molecule has 0 aromatic heterocycles. The molecule has 0 fully saturated rings. The van der Waals surface area contributed by atoms with E-state index in [0.717, 1.165) is 19.4 Å². The van der Waals surface area contributed by atoms with E-state index in [1.807, 2.05) is 6.08 Å². The Morgan fingerprint density at radius 1 is 1.64 bits per heavy atom. The lowest BCUT2D eigenvalue weighted by atomic mass is 10.2. The summed E-state index contributed by atoms with van der Waals surface area (Å²) in [6.45, 7) is 12.8. The van der Waals surface area contributed by atoms with Gasteiger partial charge in [-0.3, -0.25) is 0 Å². The van der Waals surface area contributed by atoms with Crippen molar-refractivity contribution in [2.75, 3.05) is 6.54 Å². The fourth-order valence-corrected chi connectivity index (χ4v) is 0.777. The largest absolute Gasteiger partial charge is 0.310 e. The van der Waals surface area contributed by atoms with E-state index in [-0.39, 0.29) is 0 Å². The predicted molar refractivity (Wildman–Crippen MR) is 51.7 cm³/mol. The van der Waals surface area contributed by atoms with E-state index in [0.29, 0.717) is 6.04 Å². The first-order valence-corrected chi connectivity index (χ1v) is 4.21. The molecular weight excluding hydrogens is 134 g/mol. The average molecular weight is 153 g/mol. The van der Waals surface area contributed by atoms with Gasteiger partial charge in [-0.25, -0.2) is 0 Å². The second-order valence-corrected chi connectivity index (χ2v) is 2.91. The van der Waals surface area contributed by atoms with Crippen LogP contribution in [0.1, 0.15) is 26.7 Å². The van der Waals surface area contributed by atoms with Gasteiger partial charge >= 0.3 is 0 Å². The Bertz CT molecular complexity index is 127. The summed E-state index contributed by atoms with van der Waals surface area (Å²) in [6, 6.07) is 0.524. The summed E-state index contributed by atoms with van der Waals surface area (Å²) in [7, 11) is 0. The summed E-state index contributed by atoms with van der Waals surface area (Å²) in [4.78, 5) is 0. The first-order chi connectivity index (χ1) is 5.20. The Balaban J connectivity index is 3.36. The molecule has 0 bridgehead atoms. The normalized spacial score (nSPS) is 12.5. The van der Waals surface area contributed by atoms with Crippen LogP contribution < -0.4 is 5.32 Å². The Morgan fingerprint density at radius 2 is 2.27 bits per heavy atom. The van der Waals surface area contributed by atoms with Crippen molar-refractivity contribution in [3.8, 4) is 0 Å². The van der Waals surface area contributed by atoms with E-state index in [1.165, 1.54) is 5.57 Å². The van der Waals surface area contributed by atoms with E-state index >= 15 is 0 Å². The van der Waals surface area contributed by atoms with Gasteiger partial charge in [-0.2, -0.15) is 0 Å². The number of hydrogen-bond donors (Lipinski definition) is 1. The monoisotopic (exact) mass is 153 g/mol. The average Bonchev–Trinajstić information content (AvgIpc) is 2.01. The molecule has 0 radical (unpaired) electrons. The smallest absolute Gasteiger partial charge is 0.0164 e. The van der Waals surface area contributed by atoms with Gasteiger partial charge in [0.15, 0.2) is 0 Å². The molecule has 0 amide bonds. The molecule has 0 rings (SSSR count). The lowest BCUT2D eigenvalue weighted by Gasteiger charge is -2.11. The fourth-order valence-electron chi connectivity index (χ4n) is 0.777. The van der Waals surface area contributed by atoms with Gasteiger partial charge in [-0.1, -0.05) is 25.2 Å². The zero-order valence-corrected chi connectivity index (χ0v) is 7.69. The van der Waals surface area contributed by atoms with Gasteiger partial charge in [-0.15, -0.1) is 6.58 Å². The highest BCUT2D eigenvalue weighted by molar-refractivity contribution is 4.95. The van der Waals surface area contributed by atoms with Gasteiger partial charge in [0, 0.05) is 12.6 Å². The topological polar surface area (TPSA) is 12.0 Å². The van der Waals surface area contributed by atoms with E-state index in [9.17, 15) is 0 Å². The van der Waals surface area contributed by atoms with E-state index in [4.69, 9.17) is 0 Å². The van der Waals surface area contributed by atoms with Crippen molar-refractivity contribution in [3.05, 3.63) is 24.8 Å². The van der Waals surface area contributed by atoms with Gasteiger partial charge in [0.1, 0.15) is 0 Å². The van der Waals surface area contributed by atoms with Crippen LogP contribution in [-0.2, 0) is 0 Å². The lowest BCUT2D eigenvalue weighted by Crippen LogP contribution is -2.27. The molecule has 1 unspecified atom stereocenters. The van der Waals surface area contributed by atoms with Crippen molar-refractivity contribution in [2.24, 2.45) is 0 Å². The molecule has 0 saturated carbocycles. The molecule has 0 aliphatic carbocycles. The second-order valence-electron chi connectivity index (χ2n) is 2.91. The predicted octanol–water partition coefficient (Wildman–Crippen LogP) is 2.51.